The van der Waals surface area contributed by atoms with E-state index in [-0.39, 0.29) is 0 Å². The Bertz CT molecular complexity index is 153. The highest BCUT2D eigenvalue weighted by Crippen LogP contribution is 2.13. The van der Waals surface area contributed by atoms with E-state index in [2.05, 4.69) is 47.3 Å². The maximum absolute atomic E-state index is 4.86. The maximum atomic E-state index is 4.86. The predicted octanol–water partition coefficient (Wildman–Crippen LogP) is 3.57. The largest absolute Gasteiger partial charge is 0.330 e. The molecule has 0 amide bonds. The monoisotopic (exact) mass is 185 g/mol. The van der Waals surface area contributed by atoms with Gasteiger partial charge in [0.1, 0.15) is 0 Å². The van der Waals surface area contributed by atoms with Gasteiger partial charge in [-0.25, -0.2) is 0 Å². The van der Waals surface area contributed by atoms with Gasteiger partial charge >= 0.3 is 0 Å². The molecule has 2 heteroatoms. The molecule has 0 fully saturated rings. The summed E-state index contributed by atoms with van der Waals surface area (Å²) in [7, 11) is -1.26. The van der Waals surface area contributed by atoms with Crippen LogP contribution in [0.1, 0.15) is 27.7 Å². The molecule has 0 aliphatic carbocycles. The fourth-order valence-electron chi connectivity index (χ4n) is 1.31. The van der Waals surface area contributed by atoms with Crippen LogP contribution in [-0.2, 0) is 0 Å². The first-order chi connectivity index (χ1) is 5.24. The molecule has 0 bridgehead atoms. The third-order valence-corrected chi connectivity index (χ3v) is 2.58. The third-order valence-electron chi connectivity index (χ3n) is 1.65. The van der Waals surface area contributed by atoms with Crippen LogP contribution in [0.3, 0.4) is 0 Å². The van der Waals surface area contributed by atoms with Crippen LogP contribution in [0.5, 0.6) is 0 Å². The summed E-state index contributed by atoms with van der Waals surface area (Å²) in [5, 5.41) is 0. The van der Waals surface area contributed by atoms with Gasteiger partial charge < -0.3 is 4.66 Å². The minimum atomic E-state index is -1.26. The third kappa shape index (κ3) is 4.70. The molecule has 1 nitrogen and oxygen atoms in total. The Kier molecular flexibility index (Phi) is 4.18. The zero-order chi connectivity index (χ0) is 9.94. The Morgan fingerprint density at radius 1 is 0.917 bits per heavy atom. The van der Waals surface area contributed by atoms with Gasteiger partial charge in [0, 0.05) is 5.71 Å². The van der Waals surface area contributed by atoms with Gasteiger partial charge in [0.25, 0.3) is 0 Å². The van der Waals surface area contributed by atoms with Crippen molar-refractivity contribution in [3.05, 3.63) is 0 Å². The van der Waals surface area contributed by atoms with Crippen molar-refractivity contribution in [2.24, 2.45) is 16.5 Å². The highest BCUT2D eigenvalue weighted by Gasteiger charge is 2.16. The number of nitrogens with zero attached hydrogens (tertiary/aromatic N) is 1. The molecule has 0 aromatic rings. The fraction of sp³-hybridized carbons (Fsp3) is 0.900. The molecular weight excluding hydrogens is 162 g/mol. The van der Waals surface area contributed by atoms with E-state index in [0.29, 0.717) is 11.8 Å². The summed E-state index contributed by atoms with van der Waals surface area (Å²) in [5.41, 5.74) is 1.40. The van der Waals surface area contributed by atoms with Gasteiger partial charge in [-0.1, -0.05) is 27.7 Å². The van der Waals surface area contributed by atoms with E-state index in [9.17, 15) is 0 Å². The van der Waals surface area contributed by atoms with E-state index in [1.54, 1.807) is 0 Å². The first-order valence-corrected chi connectivity index (χ1v) is 8.28. The molecule has 0 atom stereocenters. The second-order valence-electron chi connectivity index (χ2n) is 5.02. The molecule has 12 heavy (non-hydrogen) atoms. The van der Waals surface area contributed by atoms with E-state index in [0.717, 1.165) is 0 Å². The maximum Gasteiger partial charge on any atom is 0.172 e. The molecule has 0 saturated heterocycles. The molecule has 72 valence electrons. The Morgan fingerprint density at radius 2 is 1.25 bits per heavy atom. The average molecular weight is 185 g/mol. The molecule has 0 radical (unpaired) electrons. The molecule has 0 aromatic carbocycles. The lowest BCUT2D eigenvalue weighted by Crippen LogP contribution is -2.25. The van der Waals surface area contributed by atoms with Crippen molar-refractivity contribution in [2.75, 3.05) is 0 Å². The van der Waals surface area contributed by atoms with Crippen LogP contribution in [0, 0.1) is 11.8 Å². The lowest BCUT2D eigenvalue weighted by molar-refractivity contribution is 0.767. The second kappa shape index (κ2) is 4.22. The summed E-state index contributed by atoms with van der Waals surface area (Å²) < 4.78 is 4.86. The number of rotatable bonds is 3. The predicted molar refractivity (Wildman–Crippen MR) is 60.5 cm³/mol. The molecule has 0 saturated carbocycles. The SMILES string of the molecule is CC(C)C(=N[Si](C)(C)C)C(C)C. The quantitative estimate of drug-likeness (QED) is 0.471. The molecule has 0 spiro atoms. The molecule has 0 aliphatic rings. The van der Waals surface area contributed by atoms with Crippen LogP contribution in [0.2, 0.25) is 19.6 Å². The van der Waals surface area contributed by atoms with E-state index < -0.39 is 8.24 Å². The van der Waals surface area contributed by atoms with Crippen molar-refractivity contribution in [2.45, 2.75) is 47.3 Å². The van der Waals surface area contributed by atoms with Gasteiger partial charge in [0.15, 0.2) is 8.24 Å². The lowest BCUT2D eigenvalue weighted by atomic mass is 9.98. The normalized spacial score (nSPS) is 12.4. The Labute approximate surface area is 78.4 Å². The summed E-state index contributed by atoms with van der Waals surface area (Å²) >= 11 is 0. The van der Waals surface area contributed by atoms with Crippen molar-refractivity contribution in [1.82, 2.24) is 0 Å². The number of hydrogen-bond donors (Lipinski definition) is 0. The highest BCUT2D eigenvalue weighted by atomic mass is 28.3. The topological polar surface area (TPSA) is 12.4 Å². The summed E-state index contributed by atoms with van der Waals surface area (Å²) in [4.78, 5) is 0. The first kappa shape index (κ1) is 11.9. The van der Waals surface area contributed by atoms with Crippen LogP contribution in [0.4, 0.5) is 0 Å². The van der Waals surface area contributed by atoms with Crippen molar-refractivity contribution in [1.29, 1.82) is 0 Å². The van der Waals surface area contributed by atoms with Crippen molar-refractivity contribution in [3.8, 4) is 0 Å². The minimum absolute atomic E-state index is 0.608. The zero-order valence-corrected chi connectivity index (χ0v) is 10.6. The van der Waals surface area contributed by atoms with Crippen molar-refractivity contribution < 1.29 is 0 Å². The smallest absolute Gasteiger partial charge is 0.172 e. The van der Waals surface area contributed by atoms with Gasteiger partial charge in [-0.2, -0.15) is 0 Å². The van der Waals surface area contributed by atoms with Gasteiger partial charge in [-0.3, -0.25) is 0 Å². The lowest BCUT2D eigenvalue weighted by Gasteiger charge is -2.19. The minimum Gasteiger partial charge on any atom is -0.330 e. The average Bonchev–Trinajstić information content (AvgIpc) is 1.79. The molecular formula is C10H23NSi. The Morgan fingerprint density at radius 3 is 1.33 bits per heavy atom. The van der Waals surface area contributed by atoms with Gasteiger partial charge in [0.05, 0.1) is 0 Å². The standard InChI is InChI=1S/C10H23NSi/c1-8(2)10(9(3)4)11-12(5,6)7/h8-9H,1-7H3. The highest BCUT2D eigenvalue weighted by molar-refractivity contribution is 6.75. The molecule has 0 N–H and O–H groups in total. The van der Waals surface area contributed by atoms with Gasteiger partial charge in [-0.05, 0) is 31.5 Å². The van der Waals surface area contributed by atoms with Crippen LogP contribution in [0.15, 0.2) is 4.66 Å². The van der Waals surface area contributed by atoms with Crippen molar-refractivity contribution in [3.63, 3.8) is 0 Å². The van der Waals surface area contributed by atoms with E-state index in [1.165, 1.54) is 5.71 Å². The summed E-state index contributed by atoms with van der Waals surface area (Å²) in [5.74, 6) is 1.22. The summed E-state index contributed by atoms with van der Waals surface area (Å²) in [6.07, 6.45) is 0. The molecule has 0 aromatic heterocycles. The first-order valence-electron chi connectivity index (χ1n) is 4.83. The van der Waals surface area contributed by atoms with Crippen molar-refractivity contribution >= 4 is 13.9 Å². The molecule has 0 unspecified atom stereocenters. The van der Waals surface area contributed by atoms with Crippen LogP contribution in [0.25, 0.3) is 0 Å². The Balaban J connectivity index is 4.63. The van der Waals surface area contributed by atoms with E-state index >= 15 is 0 Å². The second-order valence-corrected chi connectivity index (χ2v) is 9.58. The molecule has 0 aliphatic heterocycles. The van der Waals surface area contributed by atoms with Crippen LogP contribution in [-0.4, -0.2) is 13.9 Å². The molecule has 0 rings (SSSR count). The Hall–Kier alpha value is -0.113. The van der Waals surface area contributed by atoms with Crippen LogP contribution < -0.4 is 0 Å². The van der Waals surface area contributed by atoms with Gasteiger partial charge in [0.2, 0.25) is 0 Å². The van der Waals surface area contributed by atoms with E-state index in [1.807, 2.05) is 0 Å². The summed E-state index contributed by atoms with van der Waals surface area (Å²) in [6, 6.07) is 0. The van der Waals surface area contributed by atoms with Crippen LogP contribution >= 0.6 is 0 Å². The van der Waals surface area contributed by atoms with E-state index in [4.69, 9.17) is 4.66 Å². The summed E-state index contributed by atoms with van der Waals surface area (Å²) in [6.45, 7) is 15.8. The fourth-order valence-corrected chi connectivity index (χ4v) is 2.60. The van der Waals surface area contributed by atoms with Gasteiger partial charge in [-0.15, -0.1) is 0 Å². The zero-order valence-electron chi connectivity index (χ0n) is 9.60. The molecule has 0 heterocycles. The number of hydrogen-bond acceptors (Lipinski definition) is 1.